The molecular weight excluding hydrogens is 298 g/mol. The lowest BCUT2D eigenvalue weighted by Crippen LogP contribution is -2.46. The number of rotatable bonds is 6. The van der Waals surface area contributed by atoms with Crippen LogP contribution < -0.4 is 0 Å². The van der Waals surface area contributed by atoms with E-state index in [1.165, 1.54) is 9.87 Å². The molecular formula is C16H23N3O2S. The van der Waals surface area contributed by atoms with Gasteiger partial charge in [0.05, 0.1) is 6.07 Å². The predicted molar refractivity (Wildman–Crippen MR) is 86.2 cm³/mol. The molecule has 1 saturated heterocycles. The molecule has 1 aromatic carbocycles. The van der Waals surface area contributed by atoms with E-state index in [4.69, 9.17) is 5.26 Å². The van der Waals surface area contributed by atoms with Crippen LogP contribution in [0.4, 0.5) is 0 Å². The number of piperidine rings is 1. The monoisotopic (exact) mass is 321 g/mol. The summed E-state index contributed by atoms with van der Waals surface area (Å²) in [6.45, 7) is 1.39. The van der Waals surface area contributed by atoms with Gasteiger partial charge in [-0.05, 0) is 30.7 Å². The maximum Gasteiger partial charge on any atom is 0.281 e. The van der Waals surface area contributed by atoms with Crippen LogP contribution in [0.25, 0.3) is 0 Å². The zero-order chi connectivity index (χ0) is 16.0. The third-order valence-corrected chi connectivity index (χ3v) is 6.19. The number of hydrogen-bond acceptors (Lipinski definition) is 3. The molecule has 120 valence electrons. The molecule has 2 rings (SSSR count). The second kappa shape index (κ2) is 7.73. The van der Waals surface area contributed by atoms with E-state index in [9.17, 15) is 8.42 Å². The van der Waals surface area contributed by atoms with E-state index in [1.54, 1.807) is 11.4 Å². The molecule has 0 radical (unpaired) electrons. The Labute approximate surface area is 133 Å². The van der Waals surface area contributed by atoms with E-state index in [1.807, 2.05) is 24.3 Å². The molecule has 1 aliphatic heterocycles. The quantitative estimate of drug-likeness (QED) is 0.805. The van der Waals surface area contributed by atoms with Crippen molar-refractivity contribution in [3.8, 4) is 6.07 Å². The average molecular weight is 321 g/mol. The van der Waals surface area contributed by atoms with Gasteiger partial charge in [0.25, 0.3) is 10.2 Å². The van der Waals surface area contributed by atoms with Crippen molar-refractivity contribution in [2.75, 3.05) is 26.7 Å². The second-order valence-corrected chi connectivity index (χ2v) is 7.80. The van der Waals surface area contributed by atoms with Gasteiger partial charge in [-0.1, -0.05) is 30.3 Å². The number of hydrogen-bond donors (Lipinski definition) is 0. The lowest BCUT2D eigenvalue weighted by atomic mass is 9.91. The predicted octanol–water partition coefficient (Wildman–Crippen LogP) is 2.03. The molecule has 0 bridgehead atoms. The van der Waals surface area contributed by atoms with E-state index < -0.39 is 10.2 Å². The van der Waals surface area contributed by atoms with Crippen molar-refractivity contribution in [1.82, 2.24) is 8.61 Å². The molecule has 0 N–H and O–H groups in total. The number of nitrogens with zero attached hydrogens (tertiary/aromatic N) is 3. The molecule has 0 atom stereocenters. The van der Waals surface area contributed by atoms with Crippen LogP contribution in [0, 0.1) is 17.2 Å². The molecule has 1 fully saturated rings. The van der Waals surface area contributed by atoms with Crippen molar-refractivity contribution < 1.29 is 8.42 Å². The van der Waals surface area contributed by atoms with Gasteiger partial charge in [-0.15, -0.1) is 0 Å². The first kappa shape index (κ1) is 16.9. The van der Waals surface area contributed by atoms with Crippen LogP contribution >= 0.6 is 0 Å². The summed E-state index contributed by atoms with van der Waals surface area (Å²) in [5.74, 6) is 0.540. The Bertz CT molecular complexity index is 602. The lowest BCUT2D eigenvalue weighted by Gasteiger charge is -2.33. The highest BCUT2D eigenvalue weighted by Gasteiger charge is 2.30. The van der Waals surface area contributed by atoms with Gasteiger partial charge in [-0.3, -0.25) is 0 Å². The SMILES string of the molecule is CN(CCC#N)S(=O)(=O)N1CCC(Cc2ccccc2)CC1. The van der Waals surface area contributed by atoms with Gasteiger partial charge >= 0.3 is 0 Å². The highest BCUT2D eigenvalue weighted by atomic mass is 32.2. The summed E-state index contributed by atoms with van der Waals surface area (Å²) in [6.07, 6.45) is 3.01. The van der Waals surface area contributed by atoms with Gasteiger partial charge in [-0.2, -0.15) is 22.3 Å². The Morgan fingerprint density at radius 2 is 1.91 bits per heavy atom. The largest absolute Gasteiger partial charge is 0.281 e. The van der Waals surface area contributed by atoms with Crippen LogP contribution in [0.1, 0.15) is 24.8 Å². The first-order valence-corrected chi connectivity index (χ1v) is 9.06. The van der Waals surface area contributed by atoms with Crippen molar-refractivity contribution in [1.29, 1.82) is 5.26 Å². The van der Waals surface area contributed by atoms with Crippen molar-refractivity contribution >= 4 is 10.2 Å². The standard InChI is InChI=1S/C16H23N3O2S/c1-18(11-5-10-17)22(20,21)19-12-8-16(9-13-19)14-15-6-3-2-4-7-15/h2-4,6-7,16H,5,8-9,11-14H2,1H3. The van der Waals surface area contributed by atoms with Crippen LogP contribution in [0.2, 0.25) is 0 Å². The normalized spacial score (nSPS) is 17.5. The van der Waals surface area contributed by atoms with E-state index in [2.05, 4.69) is 12.1 Å². The first-order chi connectivity index (χ1) is 10.5. The molecule has 1 aromatic rings. The smallest absolute Gasteiger partial charge is 0.198 e. The molecule has 1 heterocycles. The molecule has 22 heavy (non-hydrogen) atoms. The zero-order valence-electron chi connectivity index (χ0n) is 13.0. The van der Waals surface area contributed by atoms with Crippen LogP contribution in [0.5, 0.6) is 0 Å². The van der Waals surface area contributed by atoms with Crippen LogP contribution in [0.3, 0.4) is 0 Å². The van der Waals surface area contributed by atoms with Gasteiger partial charge < -0.3 is 0 Å². The molecule has 5 nitrogen and oxygen atoms in total. The summed E-state index contributed by atoms with van der Waals surface area (Å²) >= 11 is 0. The molecule has 0 amide bonds. The first-order valence-electron chi connectivity index (χ1n) is 7.66. The summed E-state index contributed by atoms with van der Waals surface area (Å²) in [5.41, 5.74) is 1.31. The fourth-order valence-corrected chi connectivity index (χ4v) is 4.20. The minimum atomic E-state index is -3.42. The molecule has 0 unspecified atom stereocenters. The van der Waals surface area contributed by atoms with Gasteiger partial charge in [-0.25, -0.2) is 0 Å². The molecule has 6 heteroatoms. The van der Waals surface area contributed by atoms with E-state index in [-0.39, 0.29) is 13.0 Å². The Morgan fingerprint density at radius 1 is 1.27 bits per heavy atom. The zero-order valence-corrected chi connectivity index (χ0v) is 13.8. The van der Waals surface area contributed by atoms with Crippen LogP contribution in [-0.2, 0) is 16.6 Å². The third kappa shape index (κ3) is 4.29. The van der Waals surface area contributed by atoms with Gasteiger partial charge in [0.2, 0.25) is 0 Å². The highest BCUT2D eigenvalue weighted by Crippen LogP contribution is 2.24. The van der Waals surface area contributed by atoms with Gasteiger partial charge in [0.1, 0.15) is 0 Å². The fraction of sp³-hybridized carbons (Fsp3) is 0.562. The van der Waals surface area contributed by atoms with E-state index in [0.29, 0.717) is 19.0 Å². The fourth-order valence-electron chi connectivity index (χ4n) is 2.81. The number of benzene rings is 1. The maximum atomic E-state index is 12.4. The summed E-state index contributed by atoms with van der Waals surface area (Å²) in [7, 11) is -1.87. The summed E-state index contributed by atoms with van der Waals surface area (Å²) < 4.78 is 27.6. The topological polar surface area (TPSA) is 64.4 Å². The molecule has 1 aliphatic rings. The van der Waals surface area contributed by atoms with E-state index in [0.717, 1.165) is 19.3 Å². The average Bonchev–Trinajstić information content (AvgIpc) is 2.54. The van der Waals surface area contributed by atoms with Crippen molar-refractivity contribution in [3.05, 3.63) is 35.9 Å². The lowest BCUT2D eigenvalue weighted by molar-refractivity contribution is 0.258. The Kier molecular flexibility index (Phi) is 5.95. The van der Waals surface area contributed by atoms with Crippen LogP contribution in [0.15, 0.2) is 30.3 Å². The van der Waals surface area contributed by atoms with Crippen LogP contribution in [-0.4, -0.2) is 43.7 Å². The molecule has 0 aromatic heterocycles. The summed E-state index contributed by atoms with van der Waals surface area (Å²) in [4.78, 5) is 0. The number of nitriles is 1. The summed E-state index contributed by atoms with van der Waals surface area (Å²) in [6, 6.07) is 12.3. The Balaban J connectivity index is 1.87. The van der Waals surface area contributed by atoms with Crippen molar-refractivity contribution in [2.45, 2.75) is 25.7 Å². The Morgan fingerprint density at radius 3 is 2.50 bits per heavy atom. The summed E-state index contributed by atoms with van der Waals surface area (Å²) in [5, 5.41) is 8.58. The minimum Gasteiger partial charge on any atom is -0.198 e. The second-order valence-electron chi connectivity index (χ2n) is 5.77. The van der Waals surface area contributed by atoms with Crippen molar-refractivity contribution in [2.24, 2.45) is 5.92 Å². The molecule has 0 aliphatic carbocycles. The molecule has 0 saturated carbocycles. The molecule has 0 spiro atoms. The maximum absolute atomic E-state index is 12.4. The van der Waals surface area contributed by atoms with Gasteiger partial charge in [0, 0.05) is 33.1 Å². The van der Waals surface area contributed by atoms with E-state index >= 15 is 0 Å². The third-order valence-electron chi connectivity index (χ3n) is 4.20. The highest BCUT2D eigenvalue weighted by molar-refractivity contribution is 7.86. The Hall–Kier alpha value is -1.42. The van der Waals surface area contributed by atoms with Gasteiger partial charge in [0.15, 0.2) is 0 Å². The van der Waals surface area contributed by atoms with Crippen molar-refractivity contribution in [3.63, 3.8) is 0 Å². The minimum absolute atomic E-state index is 0.222.